The van der Waals surface area contributed by atoms with Crippen molar-refractivity contribution in [2.24, 2.45) is 7.05 Å². The standard InChI is InChI=1S/C20H25N5/c1-15-17(20(24(2)3)25(4)23-15)14-22-19(16-10-6-5-7-11-16)18-12-8-9-13-21-18/h5-13,19,22H,14H2,1-4H3/t19-/m0/s1. The van der Waals surface area contributed by atoms with E-state index in [1.807, 2.05) is 50.2 Å². The summed E-state index contributed by atoms with van der Waals surface area (Å²) >= 11 is 0. The maximum atomic E-state index is 4.58. The average molecular weight is 335 g/mol. The molecule has 130 valence electrons. The summed E-state index contributed by atoms with van der Waals surface area (Å²) in [5.41, 5.74) is 4.48. The van der Waals surface area contributed by atoms with E-state index in [0.717, 1.165) is 23.8 Å². The second kappa shape index (κ2) is 7.49. The van der Waals surface area contributed by atoms with Gasteiger partial charge in [0.1, 0.15) is 5.82 Å². The Morgan fingerprint density at radius 2 is 1.80 bits per heavy atom. The van der Waals surface area contributed by atoms with Gasteiger partial charge in [-0.25, -0.2) is 0 Å². The SMILES string of the molecule is Cc1nn(C)c(N(C)C)c1CN[C@@H](c1ccccc1)c1ccccn1. The van der Waals surface area contributed by atoms with E-state index in [4.69, 9.17) is 0 Å². The van der Waals surface area contributed by atoms with E-state index in [9.17, 15) is 0 Å². The molecule has 2 heterocycles. The van der Waals surface area contributed by atoms with Gasteiger partial charge in [-0.3, -0.25) is 9.67 Å². The van der Waals surface area contributed by atoms with E-state index in [2.05, 4.69) is 57.6 Å². The number of benzene rings is 1. The largest absolute Gasteiger partial charge is 0.363 e. The zero-order valence-electron chi connectivity index (χ0n) is 15.3. The van der Waals surface area contributed by atoms with Crippen molar-refractivity contribution < 1.29 is 0 Å². The highest BCUT2D eigenvalue weighted by Gasteiger charge is 2.19. The molecule has 1 atom stereocenters. The molecule has 2 aromatic heterocycles. The van der Waals surface area contributed by atoms with Crippen molar-refractivity contribution in [3.05, 3.63) is 77.2 Å². The third-order valence-corrected chi connectivity index (χ3v) is 4.34. The molecule has 0 aliphatic rings. The zero-order valence-corrected chi connectivity index (χ0v) is 15.3. The lowest BCUT2D eigenvalue weighted by atomic mass is 10.0. The fourth-order valence-corrected chi connectivity index (χ4v) is 3.25. The third kappa shape index (κ3) is 3.72. The first kappa shape index (κ1) is 17.2. The minimum absolute atomic E-state index is 0.0389. The molecule has 0 aliphatic heterocycles. The maximum Gasteiger partial charge on any atom is 0.130 e. The molecule has 0 aliphatic carbocycles. The fourth-order valence-electron chi connectivity index (χ4n) is 3.25. The lowest BCUT2D eigenvalue weighted by Gasteiger charge is -2.21. The number of aromatic nitrogens is 3. The van der Waals surface area contributed by atoms with Gasteiger partial charge in [0.15, 0.2) is 0 Å². The van der Waals surface area contributed by atoms with Crippen LogP contribution >= 0.6 is 0 Å². The zero-order chi connectivity index (χ0) is 17.8. The van der Waals surface area contributed by atoms with Crippen molar-refractivity contribution in [2.75, 3.05) is 19.0 Å². The second-order valence-electron chi connectivity index (χ2n) is 6.38. The van der Waals surface area contributed by atoms with Gasteiger partial charge < -0.3 is 10.2 Å². The Morgan fingerprint density at radius 3 is 2.44 bits per heavy atom. The summed E-state index contributed by atoms with van der Waals surface area (Å²) in [7, 11) is 6.08. The van der Waals surface area contributed by atoms with E-state index >= 15 is 0 Å². The smallest absolute Gasteiger partial charge is 0.130 e. The molecule has 5 heteroatoms. The summed E-state index contributed by atoms with van der Waals surface area (Å²) in [5.74, 6) is 1.12. The van der Waals surface area contributed by atoms with Gasteiger partial charge in [-0.2, -0.15) is 5.10 Å². The van der Waals surface area contributed by atoms with E-state index in [-0.39, 0.29) is 6.04 Å². The molecule has 0 spiro atoms. The number of aryl methyl sites for hydroxylation is 2. The molecule has 25 heavy (non-hydrogen) atoms. The molecular weight excluding hydrogens is 310 g/mol. The van der Waals surface area contributed by atoms with Crippen molar-refractivity contribution in [3.63, 3.8) is 0 Å². The van der Waals surface area contributed by atoms with E-state index in [1.165, 1.54) is 11.1 Å². The Morgan fingerprint density at radius 1 is 1.08 bits per heavy atom. The third-order valence-electron chi connectivity index (χ3n) is 4.34. The first-order chi connectivity index (χ1) is 12.1. The quantitative estimate of drug-likeness (QED) is 0.752. The molecule has 1 N–H and O–H groups in total. The van der Waals surface area contributed by atoms with Gasteiger partial charge in [-0.1, -0.05) is 36.4 Å². The van der Waals surface area contributed by atoms with Crippen LogP contribution in [-0.2, 0) is 13.6 Å². The highest BCUT2D eigenvalue weighted by Crippen LogP contribution is 2.25. The van der Waals surface area contributed by atoms with Crippen molar-refractivity contribution in [1.29, 1.82) is 0 Å². The van der Waals surface area contributed by atoms with Crippen LogP contribution in [0.3, 0.4) is 0 Å². The molecule has 0 fully saturated rings. The highest BCUT2D eigenvalue weighted by atomic mass is 15.4. The van der Waals surface area contributed by atoms with Gasteiger partial charge in [0.05, 0.1) is 17.4 Å². The molecule has 0 radical (unpaired) electrons. The predicted molar refractivity (Wildman–Crippen MR) is 102 cm³/mol. The van der Waals surface area contributed by atoms with Gasteiger partial charge in [-0.15, -0.1) is 0 Å². The first-order valence-corrected chi connectivity index (χ1v) is 8.47. The number of nitrogens with zero attached hydrogens (tertiary/aromatic N) is 4. The molecule has 1 aromatic carbocycles. The Kier molecular flexibility index (Phi) is 5.14. The maximum absolute atomic E-state index is 4.58. The summed E-state index contributed by atoms with van der Waals surface area (Å²) in [4.78, 5) is 6.67. The van der Waals surface area contributed by atoms with Gasteiger partial charge in [0.25, 0.3) is 0 Å². The number of hydrogen-bond acceptors (Lipinski definition) is 4. The minimum Gasteiger partial charge on any atom is -0.363 e. The monoisotopic (exact) mass is 335 g/mol. The summed E-state index contributed by atoms with van der Waals surface area (Å²) in [6.45, 7) is 2.78. The van der Waals surface area contributed by atoms with Crippen LogP contribution in [0.25, 0.3) is 0 Å². The van der Waals surface area contributed by atoms with Gasteiger partial charge in [0, 0.05) is 39.4 Å². The van der Waals surface area contributed by atoms with Crippen LogP contribution in [0.4, 0.5) is 5.82 Å². The summed E-state index contributed by atoms with van der Waals surface area (Å²) in [6.07, 6.45) is 1.84. The Hall–Kier alpha value is -2.66. The fraction of sp³-hybridized carbons (Fsp3) is 0.300. The van der Waals surface area contributed by atoms with Gasteiger partial charge in [-0.05, 0) is 24.6 Å². The number of nitrogens with one attached hydrogen (secondary N) is 1. The lowest BCUT2D eigenvalue weighted by Crippen LogP contribution is -2.24. The predicted octanol–water partition coefficient (Wildman–Crippen LogP) is 3.07. The first-order valence-electron chi connectivity index (χ1n) is 8.47. The molecular formula is C20H25N5. The van der Waals surface area contributed by atoms with Crippen LogP contribution in [-0.4, -0.2) is 28.9 Å². The normalized spacial score (nSPS) is 12.2. The van der Waals surface area contributed by atoms with Crippen molar-refractivity contribution in [1.82, 2.24) is 20.1 Å². The number of anilines is 1. The van der Waals surface area contributed by atoms with Gasteiger partial charge in [0.2, 0.25) is 0 Å². The van der Waals surface area contributed by atoms with Gasteiger partial charge >= 0.3 is 0 Å². The molecule has 0 saturated carbocycles. The second-order valence-corrected chi connectivity index (χ2v) is 6.38. The highest BCUT2D eigenvalue weighted by molar-refractivity contribution is 5.49. The Labute approximate surface area is 149 Å². The van der Waals surface area contributed by atoms with Crippen molar-refractivity contribution >= 4 is 5.82 Å². The molecule has 0 saturated heterocycles. The molecule has 0 unspecified atom stereocenters. The van der Waals surface area contributed by atoms with Crippen LogP contribution in [0.2, 0.25) is 0 Å². The Balaban J connectivity index is 1.90. The van der Waals surface area contributed by atoms with E-state index in [0.29, 0.717) is 0 Å². The lowest BCUT2D eigenvalue weighted by molar-refractivity contribution is 0.590. The van der Waals surface area contributed by atoms with Crippen LogP contribution in [0, 0.1) is 6.92 Å². The number of pyridine rings is 1. The summed E-state index contributed by atoms with van der Waals surface area (Å²) in [5, 5.41) is 8.25. The van der Waals surface area contributed by atoms with E-state index in [1.54, 1.807) is 0 Å². The van der Waals surface area contributed by atoms with Crippen LogP contribution in [0.15, 0.2) is 54.7 Å². The molecule has 0 amide bonds. The molecule has 3 rings (SSSR count). The van der Waals surface area contributed by atoms with E-state index < -0.39 is 0 Å². The number of hydrogen-bond donors (Lipinski definition) is 1. The Bertz CT molecular complexity index is 769. The van der Waals surface area contributed by atoms with Crippen LogP contribution in [0.5, 0.6) is 0 Å². The minimum atomic E-state index is 0.0389. The topological polar surface area (TPSA) is 46.0 Å². The van der Waals surface area contributed by atoms with Crippen molar-refractivity contribution in [3.8, 4) is 0 Å². The van der Waals surface area contributed by atoms with Crippen molar-refractivity contribution in [2.45, 2.75) is 19.5 Å². The van der Waals surface area contributed by atoms with Crippen LogP contribution < -0.4 is 10.2 Å². The van der Waals surface area contributed by atoms with Crippen LogP contribution in [0.1, 0.15) is 28.6 Å². The summed E-state index contributed by atoms with van der Waals surface area (Å²) in [6, 6.07) is 16.5. The molecule has 5 nitrogen and oxygen atoms in total. The average Bonchev–Trinajstić information content (AvgIpc) is 2.90. The summed E-state index contributed by atoms with van der Waals surface area (Å²) < 4.78 is 1.94. The molecule has 3 aromatic rings. The number of rotatable bonds is 6. The molecule has 0 bridgehead atoms.